The van der Waals surface area contributed by atoms with Crippen LogP contribution in [0, 0.1) is 0 Å². The van der Waals surface area contributed by atoms with Crippen LogP contribution in [0.15, 0.2) is 112 Å². The number of halogens is 3. The summed E-state index contributed by atoms with van der Waals surface area (Å²) in [5, 5.41) is 0. The van der Waals surface area contributed by atoms with Crippen LogP contribution in [0.1, 0.15) is 36.5 Å². The van der Waals surface area contributed by atoms with Gasteiger partial charge in [0.05, 0.1) is 0 Å². The molecule has 0 N–H and O–H groups in total. The van der Waals surface area contributed by atoms with E-state index in [0.717, 1.165) is 12.8 Å². The molecule has 4 rings (SSSR count). The summed E-state index contributed by atoms with van der Waals surface area (Å²) in [6, 6.07) is 33.0. The van der Waals surface area contributed by atoms with E-state index in [1.165, 1.54) is 31.7 Å². The molecule has 0 radical (unpaired) electrons. The Morgan fingerprint density at radius 2 is 1.03 bits per heavy atom. The molecule has 0 aromatic heterocycles. The van der Waals surface area contributed by atoms with Gasteiger partial charge in [0.1, 0.15) is 0 Å². The van der Waals surface area contributed by atoms with Gasteiger partial charge < -0.3 is 37.2 Å². The van der Waals surface area contributed by atoms with E-state index in [2.05, 4.69) is 124 Å². The Morgan fingerprint density at radius 3 is 1.33 bits per heavy atom. The van der Waals surface area contributed by atoms with Gasteiger partial charge in [0.15, 0.2) is 0 Å². The Hall–Kier alpha value is -1.28. The topological polar surface area (TPSA) is 0 Å². The summed E-state index contributed by atoms with van der Waals surface area (Å²) >= 11 is 2.31. The Labute approximate surface area is 210 Å². The van der Waals surface area contributed by atoms with Crippen molar-refractivity contribution in [1.82, 2.24) is 0 Å². The average molecular weight is 490 g/mol. The van der Waals surface area contributed by atoms with E-state index < -0.39 is 0 Å². The number of hydrogen-bond acceptors (Lipinski definition) is 0. The van der Waals surface area contributed by atoms with Gasteiger partial charge in [-0.2, -0.15) is 0 Å². The standard InChI is InChI=1S/C26H23.3ClH.Ti/c1-2-21-18-19-25(20-21)26(22-12-6-3-7-13-22,23-14-8-4-9-15-23)24-16-10-5-11-17-24;;;;/h3-18H,2,19H2,1H3;3*1H;/q;;;;+3/p-3. The quantitative estimate of drug-likeness (QED) is 0.276. The maximum atomic E-state index is 2.42. The van der Waals surface area contributed by atoms with Crippen LogP contribution in [0.3, 0.4) is 0 Å². The van der Waals surface area contributed by atoms with E-state index in [1.54, 1.807) is 0 Å². The van der Waals surface area contributed by atoms with E-state index in [4.69, 9.17) is 0 Å². The zero-order valence-electron chi connectivity index (χ0n) is 16.8. The third-order valence-corrected chi connectivity index (χ3v) is 6.60. The zero-order chi connectivity index (χ0) is 18.7. The van der Waals surface area contributed by atoms with Crippen LogP contribution in [0.2, 0.25) is 0 Å². The number of allylic oxidation sites excluding steroid dienone is 4. The van der Waals surface area contributed by atoms with Gasteiger partial charge in [-0.3, -0.25) is 0 Å². The second-order valence-corrected chi connectivity index (χ2v) is 7.77. The summed E-state index contributed by atoms with van der Waals surface area (Å²) in [5.74, 6) is 0. The smallest absolute Gasteiger partial charge is 1.00 e. The third kappa shape index (κ3) is 4.64. The van der Waals surface area contributed by atoms with Gasteiger partial charge in [0.25, 0.3) is 0 Å². The molecule has 0 spiro atoms. The van der Waals surface area contributed by atoms with E-state index in [-0.39, 0.29) is 42.6 Å². The van der Waals surface area contributed by atoms with Crippen molar-refractivity contribution in [2.45, 2.75) is 25.2 Å². The van der Waals surface area contributed by atoms with Gasteiger partial charge in [-0.05, 0) is 0 Å². The molecule has 152 valence electrons. The minimum Gasteiger partial charge on any atom is -1.00 e. The molecule has 0 saturated heterocycles. The number of rotatable bonds is 5. The molecule has 3 aromatic rings. The first-order chi connectivity index (χ1) is 13.3. The van der Waals surface area contributed by atoms with Crippen LogP contribution in [0.5, 0.6) is 0 Å². The van der Waals surface area contributed by atoms with Gasteiger partial charge in [-0.25, -0.2) is 0 Å². The van der Waals surface area contributed by atoms with Gasteiger partial charge in [0, 0.05) is 0 Å². The van der Waals surface area contributed by atoms with E-state index >= 15 is 0 Å². The molecule has 0 heterocycles. The van der Waals surface area contributed by atoms with Crippen molar-refractivity contribution in [3.63, 3.8) is 0 Å². The first kappa shape index (κ1) is 26.8. The fourth-order valence-corrected chi connectivity index (χ4v) is 5.26. The van der Waals surface area contributed by atoms with Crippen LogP contribution in [-0.4, -0.2) is 0 Å². The summed E-state index contributed by atoms with van der Waals surface area (Å²) in [4.78, 5) is 0. The summed E-state index contributed by atoms with van der Waals surface area (Å²) in [6.45, 7) is 2.26. The molecule has 3 aromatic carbocycles. The maximum Gasteiger partial charge on any atom is -1.00 e. The maximum absolute atomic E-state index is 2.42. The molecule has 0 aliphatic heterocycles. The minimum atomic E-state index is -0.263. The number of benzene rings is 3. The molecule has 0 bridgehead atoms. The molecule has 1 aliphatic carbocycles. The van der Waals surface area contributed by atoms with Crippen LogP contribution in [0.4, 0.5) is 0 Å². The molecule has 1 aliphatic rings. The van der Waals surface area contributed by atoms with Crippen molar-refractivity contribution in [2.24, 2.45) is 0 Å². The van der Waals surface area contributed by atoms with Crippen molar-refractivity contribution in [3.05, 3.63) is 129 Å². The Morgan fingerprint density at radius 1 is 0.667 bits per heavy atom. The number of hydrogen-bond donors (Lipinski definition) is 0. The Kier molecular flexibility index (Phi) is 10.6. The molecule has 0 fully saturated rings. The second kappa shape index (κ2) is 11.9. The summed E-state index contributed by atoms with van der Waals surface area (Å²) in [6.07, 6.45) is 4.52. The van der Waals surface area contributed by atoms with Crippen molar-refractivity contribution < 1.29 is 57.7 Å². The molecule has 0 saturated carbocycles. The summed E-state index contributed by atoms with van der Waals surface area (Å²) in [7, 11) is 0. The van der Waals surface area contributed by atoms with Gasteiger partial charge in [0.2, 0.25) is 0 Å². The molecule has 0 unspecified atom stereocenters. The van der Waals surface area contributed by atoms with Crippen molar-refractivity contribution in [1.29, 1.82) is 0 Å². The van der Waals surface area contributed by atoms with Gasteiger partial charge in [-0.1, -0.05) is 0 Å². The molecule has 30 heavy (non-hydrogen) atoms. The minimum absolute atomic E-state index is 0. The van der Waals surface area contributed by atoms with Crippen LogP contribution >= 0.6 is 0 Å². The molecule has 0 amide bonds. The van der Waals surface area contributed by atoms with Crippen molar-refractivity contribution in [2.75, 3.05) is 0 Å². The first-order valence-electron chi connectivity index (χ1n) is 9.59. The summed E-state index contributed by atoms with van der Waals surface area (Å²) in [5.41, 5.74) is 6.73. The van der Waals surface area contributed by atoms with E-state index in [0.29, 0.717) is 0 Å². The van der Waals surface area contributed by atoms with Crippen LogP contribution < -0.4 is 37.2 Å². The molecular formula is C26H23Cl3Ti. The van der Waals surface area contributed by atoms with Crippen LogP contribution in [-0.2, 0) is 25.9 Å². The monoisotopic (exact) mass is 488 g/mol. The zero-order valence-corrected chi connectivity index (χ0v) is 20.6. The molecule has 0 atom stereocenters. The first-order valence-corrected chi connectivity index (χ1v) is 10.4. The van der Waals surface area contributed by atoms with Crippen LogP contribution in [0.25, 0.3) is 0 Å². The van der Waals surface area contributed by atoms with E-state index in [9.17, 15) is 0 Å². The fourth-order valence-electron chi connectivity index (χ4n) is 4.37. The average Bonchev–Trinajstić information content (AvgIpc) is 3.12. The van der Waals surface area contributed by atoms with Crippen molar-refractivity contribution >= 4 is 0 Å². The Bertz CT molecular complexity index is 884. The van der Waals surface area contributed by atoms with E-state index in [1.807, 2.05) is 0 Å². The molecular weight excluding hydrogens is 467 g/mol. The predicted octanol–water partition coefficient (Wildman–Crippen LogP) is -2.43. The summed E-state index contributed by atoms with van der Waals surface area (Å²) < 4.78 is 1.45. The SMILES string of the molecule is CCC1=CCC(C(c2ccccc2)(c2ccccc2)c2ccccc2)=[C]1[Ti+3].[Cl-].[Cl-].[Cl-]. The van der Waals surface area contributed by atoms with Gasteiger partial charge >= 0.3 is 174 Å². The second-order valence-electron chi connectivity index (χ2n) is 6.99. The fraction of sp³-hybridized carbons (Fsp3) is 0.154. The van der Waals surface area contributed by atoms with Gasteiger partial charge in [-0.15, -0.1) is 0 Å². The predicted molar refractivity (Wildman–Crippen MR) is 109 cm³/mol. The third-order valence-electron chi connectivity index (χ3n) is 5.63. The van der Waals surface area contributed by atoms with Crippen molar-refractivity contribution in [3.8, 4) is 0 Å². The largest absolute Gasteiger partial charge is 1.00 e. The molecule has 4 heteroatoms. The molecule has 0 nitrogen and oxygen atoms in total. The Balaban J connectivity index is 0.00000150. The normalized spacial score (nSPS) is 13.0.